The van der Waals surface area contributed by atoms with Gasteiger partial charge in [0.1, 0.15) is 12.5 Å². The van der Waals surface area contributed by atoms with E-state index in [9.17, 15) is 4.39 Å². The fourth-order valence-electron chi connectivity index (χ4n) is 2.54. The first kappa shape index (κ1) is 16.0. The van der Waals surface area contributed by atoms with E-state index in [0.29, 0.717) is 34.8 Å². The monoisotopic (exact) mass is 340 g/mol. The van der Waals surface area contributed by atoms with Crippen molar-refractivity contribution in [3.8, 4) is 0 Å². The zero-order valence-corrected chi connectivity index (χ0v) is 15.1. The van der Waals surface area contributed by atoms with Crippen LogP contribution in [0.4, 0.5) is 4.39 Å². The van der Waals surface area contributed by atoms with Crippen LogP contribution in [-0.4, -0.2) is 24.5 Å². The van der Waals surface area contributed by atoms with Crippen molar-refractivity contribution in [1.82, 2.24) is 9.78 Å². The first-order chi connectivity index (χ1) is 10.4. The Kier molecular flexibility index (Phi) is 4.31. The fraction of sp³-hybridized carbons (Fsp3) is 0.562. The third kappa shape index (κ3) is 3.36. The van der Waals surface area contributed by atoms with Crippen molar-refractivity contribution in [1.29, 1.82) is 0 Å². The summed E-state index contributed by atoms with van der Waals surface area (Å²) >= 11 is 6.28. The molecular weight excluding hydrogens is 319 g/mol. The maximum Gasteiger partial charge on any atom is 0.139 e. The molecule has 1 aromatic heterocycles. The van der Waals surface area contributed by atoms with E-state index in [-0.39, 0.29) is 11.7 Å². The molecule has 0 atom stereocenters. The van der Waals surface area contributed by atoms with Gasteiger partial charge in [-0.15, -0.1) is 0 Å². The van der Waals surface area contributed by atoms with Crippen LogP contribution >= 0.6 is 11.6 Å². The predicted molar refractivity (Wildman–Crippen MR) is 90.8 cm³/mol. The average molecular weight is 341 g/mol. The van der Waals surface area contributed by atoms with Gasteiger partial charge in [-0.2, -0.15) is 5.10 Å². The normalized spacial score (nSPS) is 15.7. The quantitative estimate of drug-likeness (QED) is 0.545. The molecule has 0 N–H and O–H groups in total. The molecule has 1 fully saturated rings. The lowest BCUT2D eigenvalue weighted by molar-refractivity contribution is 0.0817. The molecule has 1 aliphatic carbocycles. The van der Waals surface area contributed by atoms with E-state index in [4.69, 9.17) is 16.3 Å². The van der Waals surface area contributed by atoms with E-state index in [0.717, 1.165) is 18.9 Å². The van der Waals surface area contributed by atoms with Gasteiger partial charge in [0, 0.05) is 25.3 Å². The minimum absolute atomic E-state index is 0.210. The topological polar surface area (TPSA) is 27.1 Å². The molecule has 0 spiro atoms. The molecule has 1 aromatic carbocycles. The lowest BCUT2D eigenvalue weighted by Gasteiger charge is -2.15. The van der Waals surface area contributed by atoms with Gasteiger partial charge >= 0.3 is 0 Å². The Morgan fingerprint density at radius 2 is 2.14 bits per heavy atom. The summed E-state index contributed by atoms with van der Waals surface area (Å²) in [6.07, 6.45) is 3.63. The molecule has 1 heterocycles. The summed E-state index contributed by atoms with van der Waals surface area (Å²) in [4.78, 5) is 0. The Labute approximate surface area is 136 Å². The first-order valence-electron chi connectivity index (χ1n) is 7.78. The van der Waals surface area contributed by atoms with Crippen LogP contribution in [0.2, 0.25) is 30.7 Å². The summed E-state index contributed by atoms with van der Waals surface area (Å²) in [6, 6.07) is 2.93. The second-order valence-corrected chi connectivity index (χ2v) is 13.3. The highest BCUT2D eigenvalue weighted by Crippen LogP contribution is 2.46. The van der Waals surface area contributed by atoms with Crippen LogP contribution in [0.5, 0.6) is 0 Å². The van der Waals surface area contributed by atoms with Crippen molar-refractivity contribution in [2.75, 3.05) is 6.61 Å². The molecule has 1 saturated carbocycles. The molecule has 0 bridgehead atoms. The van der Waals surface area contributed by atoms with E-state index in [1.807, 2.05) is 6.07 Å². The zero-order valence-electron chi connectivity index (χ0n) is 13.3. The summed E-state index contributed by atoms with van der Waals surface area (Å²) in [6.45, 7) is 8.00. The number of hydrogen-bond donors (Lipinski definition) is 0. The highest BCUT2D eigenvalue weighted by Gasteiger charge is 2.30. The van der Waals surface area contributed by atoms with Crippen molar-refractivity contribution in [2.45, 2.75) is 51.2 Å². The van der Waals surface area contributed by atoms with Crippen LogP contribution in [0.15, 0.2) is 12.3 Å². The number of halogens is 2. The third-order valence-electron chi connectivity index (χ3n) is 4.07. The van der Waals surface area contributed by atoms with Crippen LogP contribution in [0, 0.1) is 5.82 Å². The van der Waals surface area contributed by atoms with E-state index < -0.39 is 8.07 Å². The molecule has 0 unspecified atom stereocenters. The van der Waals surface area contributed by atoms with Crippen molar-refractivity contribution in [3.63, 3.8) is 0 Å². The Balaban J connectivity index is 1.77. The predicted octanol–water partition coefficient (Wildman–Crippen LogP) is 5.02. The van der Waals surface area contributed by atoms with Crippen LogP contribution in [0.1, 0.15) is 24.3 Å². The van der Waals surface area contributed by atoms with Gasteiger partial charge in [0.15, 0.2) is 0 Å². The van der Waals surface area contributed by atoms with Gasteiger partial charge in [0.05, 0.1) is 17.1 Å². The molecule has 0 radical (unpaired) electrons. The second kappa shape index (κ2) is 5.94. The Morgan fingerprint density at radius 1 is 1.41 bits per heavy atom. The summed E-state index contributed by atoms with van der Waals surface area (Å²) in [7, 11) is -1.10. The minimum Gasteiger partial charge on any atom is -0.360 e. The number of hydrogen-bond acceptors (Lipinski definition) is 2. The maximum absolute atomic E-state index is 14.6. The SMILES string of the molecule is C[Si](C)(C)CCOCn1ncc2c(F)c(C3CC3)c(Cl)cc21. The van der Waals surface area contributed by atoms with E-state index in [1.165, 1.54) is 0 Å². The van der Waals surface area contributed by atoms with Crippen LogP contribution < -0.4 is 0 Å². The summed E-state index contributed by atoms with van der Waals surface area (Å²) in [5, 5.41) is 5.31. The molecule has 0 amide bonds. The highest BCUT2D eigenvalue weighted by atomic mass is 35.5. The number of nitrogens with zero attached hydrogens (tertiary/aromatic N) is 2. The smallest absolute Gasteiger partial charge is 0.139 e. The number of ether oxygens (including phenoxy) is 1. The van der Waals surface area contributed by atoms with Gasteiger partial charge in [0.25, 0.3) is 0 Å². The van der Waals surface area contributed by atoms with Crippen molar-refractivity contribution < 1.29 is 9.13 Å². The van der Waals surface area contributed by atoms with E-state index in [2.05, 4.69) is 24.7 Å². The van der Waals surface area contributed by atoms with Gasteiger partial charge in [0.2, 0.25) is 0 Å². The fourth-order valence-corrected chi connectivity index (χ4v) is 3.64. The number of aromatic nitrogens is 2. The standard InChI is InChI=1S/C16H22ClFN2OSi/c1-22(2,3)7-6-21-10-20-14-8-13(17)15(11-4-5-11)16(18)12(14)9-19-20/h8-9,11H,4-7,10H2,1-3H3. The van der Waals surface area contributed by atoms with Gasteiger partial charge in [-0.05, 0) is 30.9 Å². The third-order valence-corrected chi connectivity index (χ3v) is 6.09. The summed E-state index contributed by atoms with van der Waals surface area (Å²) in [5.41, 5.74) is 1.37. The maximum atomic E-state index is 14.6. The Hall–Kier alpha value is -0.913. The van der Waals surface area contributed by atoms with Gasteiger partial charge in [-0.25, -0.2) is 9.07 Å². The molecule has 6 heteroatoms. The lowest BCUT2D eigenvalue weighted by Crippen LogP contribution is -2.22. The lowest BCUT2D eigenvalue weighted by atomic mass is 10.1. The molecule has 120 valence electrons. The van der Waals surface area contributed by atoms with Crippen LogP contribution in [-0.2, 0) is 11.5 Å². The number of fused-ring (bicyclic) bond motifs is 1. The Morgan fingerprint density at radius 3 is 2.77 bits per heavy atom. The molecule has 0 aliphatic heterocycles. The summed E-state index contributed by atoms with van der Waals surface area (Å²) < 4.78 is 22.0. The highest BCUT2D eigenvalue weighted by molar-refractivity contribution is 6.76. The zero-order chi connectivity index (χ0) is 15.9. The van der Waals surface area contributed by atoms with Gasteiger partial charge in [-0.1, -0.05) is 31.2 Å². The van der Waals surface area contributed by atoms with Gasteiger partial charge in [-0.3, -0.25) is 0 Å². The van der Waals surface area contributed by atoms with Crippen LogP contribution in [0.3, 0.4) is 0 Å². The number of benzene rings is 1. The molecule has 0 saturated heterocycles. The number of rotatable bonds is 6. The second-order valence-electron chi connectivity index (χ2n) is 7.29. The van der Waals surface area contributed by atoms with Crippen molar-refractivity contribution in [3.05, 3.63) is 28.7 Å². The molecular formula is C16H22ClFN2OSi. The van der Waals surface area contributed by atoms with E-state index in [1.54, 1.807) is 10.9 Å². The average Bonchev–Trinajstić information content (AvgIpc) is 3.15. The first-order valence-corrected chi connectivity index (χ1v) is 11.9. The molecule has 2 aromatic rings. The summed E-state index contributed by atoms with van der Waals surface area (Å²) in [5.74, 6) is 0.0755. The van der Waals surface area contributed by atoms with Crippen molar-refractivity contribution >= 4 is 30.6 Å². The van der Waals surface area contributed by atoms with Crippen molar-refractivity contribution in [2.24, 2.45) is 0 Å². The molecule has 1 aliphatic rings. The molecule has 3 rings (SSSR count). The molecule has 22 heavy (non-hydrogen) atoms. The molecule has 3 nitrogen and oxygen atoms in total. The van der Waals surface area contributed by atoms with E-state index >= 15 is 0 Å². The van der Waals surface area contributed by atoms with Crippen LogP contribution in [0.25, 0.3) is 10.9 Å². The van der Waals surface area contributed by atoms with Gasteiger partial charge < -0.3 is 4.74 Å². The largest absolute Gasteiger partial charge is 0.360 e. The Bertz CT molecular complexity index is 691. The minimum atomic E-state index is -1.10.